The third-order valence-corrected chi connectivity index (χ3v) is 3.01. The Morgan fingerprint density at radius 2 is 2.19 bits per heavy atom. The monoisotopic (exact) mass is 221 g/mol. The number of aromatic nitrogens is 1. The van der Waals surface area contributed by atoms with Gasteiger partial charge in [0.25, 0.3) is 0 Å². The number of hydrogen-bond donors (Lipinski definition) is 2. The van der Waals surface area contributed by atoms with Crippen LogP contribution < -0.4 is 5.32 Å². The van der Waals surface area contributed by atoms with Crippen LogP contribution >= 0.6 is 0 Å². The van der Waals surface area contributed by atoms with E-state index in [0.717, 1.165) is 44.7 Å². The lowest BCUT2D eigenvalue weighted by molar-refractivity contribution is 0.0974. The number of piperazine rings is 1. The van der Waals surface area contributed by atoms with Gasteiger partial charge in [0.15, 0.2) is 5.78 Å². The van der Waals surface area contributed by atoms with Crippen LogP contribution in [0.15, 0.2) is 18.5 Å². The van der Waals surface area contributed by atoms with Crippen LogP contribution in [0.2, 0.25) is 0 Å². The number of hydrogen-bond acceptors (Lipinski definition) is 3. The molecule has 0 aliphatic carbocycles. The minimum absolute atomic E-state index is 0.247. The summed E-state index contributed by atoms with van der Waals surface area (Å²) in [4.78, 5) is 17.0. The summed E-state index contributed by atoms with van der Waals surface area (Å²) >= 11 is 0. The molecule has 4 heteroatoms. The van der Waals surface area contributed by atoms with Gasteiger partial charge in [-0.2, -0.15) is 0 Å². The van der Waals surface area contributed by atoms with Crippen molar-refractivity contribution >= 4 is 5.78 Å². The quantitative estimate of drug-likeness (QED) is 0.726. The molecule has 16 heavy (non-hydrogen) atoms. The van der Waals surface area contributed by atoms with E-state index in [2.05, 4.69) is 15.2 Å². The lowest BCUT2D eigenvalue weighted by Gasteiger charge is -2.26. The summed E-state index contributed by atoms with van der Waals surface area (Å²) in [5.41, 5.74) is 0.806. The number of ketones is 1. The summed E-state index contributed by atoms with van der Waals surface area (Å²) in [5.74, 6) is 0.247. The van der Waals surface area contributed by atoms with E-state index in [1.54, 1.807) is 12.4 Å². The molecule has 0 amide bonds. The fraction of sp³-hybridized carbons (Fsp3) is 0.583. The molecule has 2 rings (SSSR count). The predicted octanol–water partition coefficient (Wildman–Crippen LogP) is 0.883. The van der Waals surface area contributed by atoms with Crippen LogP contribution in [0, 0.1) is 0 Å². The summed E-state index contributed by atoms with van der Waals surface area (Å²) in [6.07, 6.45) is 5.18. The van der Waals surface area contributed by atoms with Crippen LogP contribution in [-0.4, -0.2) is 48.4 Å². The molecule has 1 aliphatic heterocycles. The fourth-order valence-electron chi connectivity index (χ4n) is 2.04. The largest absolute Gasteiger partial charge is 0.367 e. The molecule has 1 saturated heterocycles. The van der Waals surface area contributed by atoms with Crippen molar-refractivity contribution in [3.05, 3.63) is 24.0 Å². The summed E-state index contributed by atoms with van der Waals surface area (Å²) in [6.45, 7) is 5.41. The molecule has 0 unspecified atom stereocenters. The first-order valence-electron chi connectivity index (χ1n) is 5.95. The van der Waals surface area contributed by atoms with Gasteiger partial charge in [-0.1, -0.05) is 0 Å². The molecule has 2 heterocycles. The molecule has 1 fully saturated rings. The Hall–Kier alpha value is -1.13. The number of carbonyl (C=O) groups excluding carboxylic acids is 1. The van der Waals surface area contributed by atoms with Crippen molar-refractivity contribution in [2.24, 2.45) is 0 Å². The van der Waals surface area contributed by atoms with Gasteiger partial charge in [-0.25, -0.2) is 0 Å². The predicted molar refractivity (Wildman–Crippen MR) is 63.7 cm³/mol. The first kappa shape index (κ1) is 11.4. The number of carbonyl (C=O) groups is 1. The molecule has 1 aliphatic rings. The Morgan fingerprint density at radius 1 is 1.38 bits per heavy atom. The summed E-state index contributed by atoms with van der Waals surface area (Å²) in [7, 11) is 0. The van der Waals surface area contributed by atoms with Crippen molar-refractivity contribution in [2.75, 3.05) is 32.7 Å². The van der Waals surface area contributed by atoms with Crippen molar-refractivity contribution < 1.29 is 4.79 Å². The number of H-pyrrole nitrogens is 1. The topological polar surface area (TPSA) is 48.1 Å². The highest BCUT2D eigenvalue weighted by Gasteiger charge is 2.10. The van der Waals surface area contributed by atoms with Gasteiger partial charge in [0.05, 0.1) is 0 Å². The van der Waals surface area contributed by atoms with E-state index in [4.69, 9.17) is 0 Å². The molecule has 88 valence electrons. The Balaban J connectivity index is 1.66. The van der Waals surface area contributed by atoms with Crippen LogP contribution in [0.5, 0.6) is 0 Å². The molecule has 1 aromatic rings. The SMILES string of the molecule is O=C(CCCN1CCNCC1)c1cc[nH]c1. The van der Waals surface area contributed by atoms with Crippen LogP contribution in [0.4, 0.5) is 0 Å². The van der Waals surface area contributed by atoms with Gasteiger partial charge < -0.3 is 15.2 Å². The second kappa shape index (κ2) is 5.82. The van der Waals surface area contributed by atoms with Crippen LogP contribution in [-0.2, 0) is 0 Å². The lowest BCUT2D eigenvalue weighted by Crippen LogP contribution is -2.43. The van der Waals surface area contributed by atoms with Gasteiger partial charge in [0.2, 0.25) is 0 Å². The molecule has 0 atom stereocenters. The summed E-state index contributed by atoms with van der Waals surface area (Å²) in [6, 6.07) is 1.84. The van der Waals surface area contributed by atoms with Crippen LogP contribution in [0.3, 0.4) is 0 Å². The lowest BCUT2D eigenvalue weighted by atomic mass is 10.1. The molecule has 2 N–H and O–H groups in total. The van der Waals surface area contributed by atoms with Crippen molar-refractivity contribution in [3.63, 3.8) is 0 Å². The van der Waals surface area contributed by atoms with Crippen molar-refractivity contribution in [1.82, 2.24) is 15.2 Å². The summed E-state index contributed by atoms with van der Waals surface area (Å²) in [5, 5.41) is 3.32. The molecule has 1 aromatic heterocycles. The Labute approximate surface area is 96.0 Å². The van der Waals surface area contributed by atoms with E-state index < -0.39 is 0 Å². The maximum absolute atomic E-state index is 11.7. The molecule has 0 saturated carbocycles. The Kier molecular flexibility index (Phi) is 4.13. The van der Waals surface area contributed by atoms with E-state index in [-0.39, 0.29) is 5.78 Å². The highest BCUT2D eigenvalue weighted by Crippen LogP contribution is 2.05. The highest BCUT2D eigenvalue weighted by atomic mass is 16.1. The van der Waals surface area contributed by atoms with E-state index in [0.29, 0.717) is 6.42 Å². The van der Waals surface area contributed by atoms with Gasteiger partial charge in [0.1, 0.15) is 0 Å². The first-order chi connectivity index (χ1) is 7.86. The molecule has 0 spiro atoms. The van der Waals surface area contributed by atoms with E-state index >= 15 is 0 Å². The zero-order valence-corrected chi connectivity index (χ0v) is 9.54. The van der Waals surface area contributed by atoms with Crippen LogP contribution in [0.1, 0.15) is 23.2 Å². The van der Waals surface area contributed by atoms with E-state index in [1.807, 2.05) is 6.07 Å². The van der Waals surface area contributed by atoms with Crippen LogP contribution in [0.25, 0.3) is 0 Å². The zero-order chi connectivity index (χ0) is 11.2. The Morgan fingerprint density at radius 3 is 2.88 bits per heavy atom. The zero-order valence-electron chi connectivity index (χ0n) is 9.54. The third-order valence-electron chi connectivity index (χ3n) is 3.01. The van der Waals surface area contributed by atoms with Gasteiger partial charge >= 0.3 is 0 Å². The van der Waals surface area contributed by atoms with Crippen molar-refractivity contribution in [3.8, 4) is 0 Å². The molecule has 0 bridgehead atoms. The minimum atomic E-state index is 0.247. The van der Waals surface area contributed by atoms with Gasteiger partial charge in [-0.3, -0.25) is 4.79 Å². The number of nitrogens with zero attached hydrogens (tertiary/aromatic N) is 1. The second-order valence-electron chi connectivity index (χ2n) is 4.22. The highest BCUT2D eigenvalue weighted by molar-refractivity contribution is 5.95. The first-order valence-corrected chi connectivity index (χ1v) is 5.95. The van der Waals surface area contributed by atoms with Gasteiger partial charge in [-0.15, -0.1) is 0 Å². The number of rotatable bonds is 5. The average Bonchev–Trinajstić information content (AvgIpc) is 2.84. The van der Waals surface area contributed by atoms with E-state index in [1.165, 1.54) is 0 Å². The molecule has 0 radical (unpaired) electrons. The maximum Gasteiger partial charge on any atom is 0.164 e. The third kappa shape index (κ3) is 3.18. The number of nitrogens with one attached hydrogen (secondary N) is 2. The maximum atomic E-state index is 11.7. The van der Waals surface area contributed by atoms with Gasteiger partial charge in [-0.05, 0) is 19.0 Å². The van der Waals surface area contributed by atoms with E-state index in [9.17, 15) is 4.79 Å². The molecular formula is C12H19N3O. The average molecular weight is 221 g/mol. The minimum Gasteiger partial charge on any atom is -0.367 e. The standard InChI is InChI=1S/C12H19N3O/c16-12(11-3-4-14-10-11)2-1-7-15-8-5-13-6-9-15/h3-4,10,13-14H,1-2,5-9H2. The summed E-state index contributed by atoms with van der Waals surface area (Å²) < 4.78 is 0. The number of aromatic amines is 1. The van der Waals surface area contributed by atoms with Gasteiger partial charge in [0, 0.05) is 50.6 Å². The smallest absolute Gasteiger partial charge is 0.164 e. The van der Waals surface area contributed by atoms with Crippen molar-refractivity contribution in [2.45, 2.75) is 12.8 Å². The number of Topliss-reactive ketones (excluding diaryl/α,β-unsaturated/α-hetero) is 1. The second-order valence-corrected chi connectivity index (χ2v) is 4.22. The van der Waals surface area contributed by atoms with Crippen molar-refractivity contribution in [1.29, 1.82) is 0 Å². The normalized spacial score (nSPS) is 17.5. The fourth-order valence-corrected chi connectivity index (χ4v) is 2.04. The molecule has 0 aromatic carbocycles. The molecule has 4 nitrogen and oxygen atoms in total. The Bertz CT molecular complexity index is 315. The molecular weight excluding hydrogens is 202 g/mol.